The molecule has 0 aromatic heterocycles. The summed E-state index contributed by atoms with van der Waals surface area (Å²) in [6.07, 6.45) is 4.38. The number of amides is 1. The number of rotatable bonds is 8. The van der Waals surface area contributed by atoms with Crippen LogP contribution in [-0.4, -0.2) is 39.4 Å². The van der Waals surface area contributed by atoms with Crippen LogP contribution >= 0.6 is 12.4 Å². The van der Waals surface area contributed by atoms with Crippen molar-refractivity contribution in [3.8, 4) is 0 Å². The summed E-state index contributed by atoms with van der Waals surface area (Å²) in [7, 11) is -3.00. The van der Waals surface area contributed by atoms with Gasteiger partial charge in [0.2, 0.25) is 5.91 Å². The normalized spacial score (nSPS) is 17.2. The van der Waals surface area contributed by atoms with Gasteiger partial charge in [-0.2, -0.15) is 0 Å². The molecule has 1 aliphatic rings. The van der Waals surface area contributed by atoms with E-state index in [0.717, 1.165) is 12.8 Å². The van der Waals surface area contributed by atoms with Gasteiger partial charge in [0.15, 0.2) is 0 Å². The molecular weight excluding hydrogens is 300 g/mol. The predicted octanol–water partition coefficient (Wildman–Crippen LogP) is 1.11. The second-order valence-corrected chi connectivity index (χ2v) is 8.08. The molecular formula is C13H27ClN2O3S. The molecule has 1 saturated carbocycles. The van der Waals surface area contributed by atoms with E-state index in [0.29, 0.717) is 25.9 Å². The first-order valence-electron chi connectivity index (χ1n) is 6.89. The highest BCUT2D eigenvalue weighted by Crippen LogP contribution is 2.46. The van der Waals surface area contributed by atoms with Gasteiger partial charge in [0.05, 0.1) is 11.2 Å². The number of halogens is 1. The summed E-state index contributed by atoms with van der Waals surface area (Å²) in [4.78, 5) is 12.3. The molecule has 0 spiro atoms. The van der Waals surface area contributed by atoms with Gasteiger partial charge in [-0.05, 0) is 25.7 Å². The van der Waals surface area contributed by atoms with Crippen LogP contribution in [0.5, 0.6) is 0 Å². The number of carbonyl (C=O) groups excluding carboxylic acids is 1. The minimum Gasteiger partial charge on any atom is -0.355 e. The van der Waals surface area contributed by atoms with Crippen LogP contribution in [0, 0.1) is 10.8 Å². The highest BCUT2D eigenvalue weighted by Gasteiger charge is 2.46. The average Bonchev–Trinajstić information content (AvgIpc) is 3.07. The Bertz CT molecular complexity index is 421. The predicted molar refractivity (Wildman–Crippen MR) is 83.7 cm³/mol. The Hall–Kier alpha value is -0.330. The number of sulfone groups is 1. The maximum atomic E-state index is 12.3. The number of nitrogens with two attached hydrogens (primary N) is 1. The first-order valence-corrected chi connectivity index (χ1v) is 8.95. The molecule has 0 radical (unpaired) electrons. The standard InChI is InChI=1S/C13H26N2O3S.ClH/c1-4-13(5-2,8-14)11(16)15-9-12(6-7-12)10-19(3,17)18;/h4-10,14H2,1-3H3,(H,15,16);1H. The molecule has 3 N–H and O–H groups in total. The zero-order valence-electron chi connectivity index (χ0n) is 12.6. The van der Waals surface area contributed by atoms with Crippen LogP contribution in [0.25, 0.3) is 0 Å². The lowest BCUT2D eigenvalue weighted by atomic mass is 9.81. The summed E-state index contributed by atoms with van der Waals surface area (Å²) in [6.45, 7) is 4.68. The summed E-state index contributed by atoms with van der Waals surface area (Å²) in [5, 5.41) is 2.92. The molecule has 1 aliphatic carbocycles. The zero-order valence-corrected chi connectivity index (χ0v) is 14.2. The van der Waals surface area contributed by atoms with Crippen LogP contribution in [-0.2, 0) is 14.6 Å². The lowest BCUT2D eigenvalue weighted by molar-refractivity contribution is -0.131. The molecule has 0 aliphatic heterocycles. The molecule has 0 unspecified atom stereocenters. The Kier molecular flexibility index (Phi) is 6.97. The van der Waals surface area contributed by atoms with E-state index in [1.165, 1.54) is 6.26 Å². The van der Waals surface area contributed by atoms with Crippen LogP contribution in [0.15, 0.2) is 0 Å². The lowest BCUT2D eigenvalue weighted by Crippen LogP contribution is -2.47. The topological polar surface area (TPSA) is 89.3 Å². The summed E-state index contributed by atoms with van der Waals surface area (Å²) in [5.74, 6) is 0.119. The molecule has 0 heterocycles. The lowest BCUT2D eigenvalue weighted by Gasteiger charge is -2.29. The van der Waals surface area contributed by atoms with Crippen molar-refractivity contribution in [1.29, 1.82) is 0 Å². The first-order chi connectivity index (χ1) is 8.72. The van der Waals surface area contributed by atoms with Crippen LogP contribution in [0.1, 0.15) is 39.5 Å². The van der Waals surface area contributed by atoms with Crippen molar-refractivity contribution in [2.75, 3.05) is 25.1 Å². The van der Waals surface area contributed by atoms with E-state index >= 15 is 0 Å². The summed E-state index contributed by atoms with van der Waals surface area (Å²) in [6, 6.07) is 0. The minimum absolute atomic E-state index is 0. The van der Waals surface area contributed by atoms with Crippen molar-refractivity contribution >= 4 is 28.2 Å². The molecule has 120 valence electrons. The summed E-state index contributed by atoms with van der Waals surface area (Å²) < 4.78 is 22.7. The third kappa shape index (κ3) is 4.90. The fourth-order valence-electron chi connectivity index (χ4n) is 2.51. The smallest absolute Gasteiger partial charge is 0.227 e. The van der Waals surface area contributed by atoms with Crippen molar-refractivity contribution < 1.29 is 13.2 Å². The molecule has 5 nitrogen and oxygen atoms in total. The van der Waals surface area contributed by atoms with E-state index in [-0.39, 0.29) is 29.5 Å². The van der Waals surface area contributed by atoms with Crippen LogP contribution < -0.4 is 11.1 Å². The van der Waals surface area contributed by atoms with Crippen LogP contribution in [0.2, 0.25) is 0 Å². The minimum atomic E-state index is -3.00. The summed E-state index contributed by atoms with van der Waals surface area (Å²) >= 11 is 0. The van der Waals surface area contributed by atoms with Gasteiger partial charge >= 0.3 is 0 Å². The summed E-state index contributed by atoms with van der Waals surface area (Å²) in [5.41, 5.74) is 4.99. The van der Waals surface area contributed by atoms with Gasteiger partial charge in [-0.1, -0.05) is 13.8 Å². The third-order valence-electron chi connectivity index (χ3n) is 4.38. The highest BCUT2D eigenvalue weighted by atomic mass is 35.5. The Balaban J connectivity index is 0.00000361. The number of carbonyl (C=O) groups is 1. The molecule has 0 aromatic carbocycles. The molecule has 1 fully saturated rings. The highest BCUT2D eigenvalue weighted by molar-refractivity contribution is 7.90. The van der Waals surface area contributed by atoms with Crippen LogP contribution in [0.3, 0.4) is 0 Å². The van der Waals surface area contributed by atoms with E-state index in [1.54, 1.807) is 0 Å². The zero-order chi connectivity index (χ0) is 14.7. The van der Waals surface area contributed by atoms with E-state index in [1.807, 2.05) is 13.8 Å². The molecule has 7 heteroatoms. The van der Waals surface area contributed by atoms with E-state index in [2.05, 4.69) is 5.32 Å². The maximum Gasteiger partial charge on any atom is 0.227 e. The maximum absolute atomic E-state index is 12.3. The SMILES string of the molecule is CCC(CC)(CN)C(=O)NCC1(CS(C)(=O)=O)CC1.Cl. The van der Waals surface area contributed by atoms with Gasteiger partial charge in [0.25, 0.3) is 0 Å². The first kappa shape index (κ1) is 19.7. The Morgan fingerprint density at radius 1 is 1.30 bits per heavy atom. The Labute approximate surface area is 128 Å². The molecule has 20 heavy (non-hydrogen) atoms. The van der Waals surface area contributed by atoms with Crippen LogP contribution in [0.4, 0.5) is 0 Å². The van der Waals surface area contributed by atoms with Gasteiger partial charge < -0.3 is 11.1 Å². The fraction of sp³-hybridized carbons (Fsp3) is 0.923. The van der Waals surface area contributed by atoms with Crippen molar-refractivity contribution in [2.45, 2.75) is 39.5 Å². The third-order valence-corrected chi connectivity index (χ3v) is 5.51. The average molecular weight is 327 g/mol. The largest absolute Gasteiger partial charge is 0.355 e. The van der Waals surface area contributed by atoms with Gasteiger partial charge in [-0.15, -0.1) is 12.4 Å². The van der Waals surface area contributed by atoms with Gasteiger partial charge in [-0.3, -0.25) is 4.79 Å². The van der Waals surface area contributed by atoms with Gasteiger partial charge in [-0.25, -0.2) is 8.42 Å². The molecule has 0 bridgehead atoms. The van der Waals surface area contributed by atoms with Gasteiger partial charge in [0, 0.05) is 24.8 Å². The number of hydrogen-bond acceptors (Lipinski definition) is 4. The van der Waals surface area contributed by atoms with E-state index in [9.17, 15) is 13.2 Å². The van der Waals surface area contributed by atoms with Crippen molar-refractivity contribution in [3.63, 3.8) is 0 Å². The molecule has 0 atom stereocenters. The van der Waals surface area contributed by atoms with Crippen molar-refractivity contribution in [3.05, 3.63) is 0 Å². The molecule has 1 rings (SSSR count). The van der Waals surface area contributed by atoms with Crippen molar-refractivity contribution in [1.82, 2.24) is 5.32 Å². The number of hydrogen-bond donors (Lipinski definition) is 2. The number of nitrogens with one attached hydrogen (secondary N) is 1. The monoisotopic (exact) mass is 326 g/mol. The van der Waals surface area contributed by atoms with Gasteiger partial charge in [0.1, 0.15) is 9.84 Å². The van der Waals surface area contributed by atoms with E-state index in [4.69, 9.17) is 5.73 Å². The second kappa shape index (κ2) is 7.09. The van der Waals surface area contributed by atoms with E-state index < -0.39 is 15.3 Å². The van der Waals surface area contributed by atoms with Crippen molar-refractivity contribution in [2.24, 2.45) is 16.6 Å². The quantitative estimate of drug-likeness (QED) is 0.699. The second-order valence-electron chi connectivity index (χ2n) is 5.94. The molecule has 0 saturated heterocycles. The Morgan fingerprint density at radius 3 is 2.10 bits per heavy atom. The molecule has 0 aromatic rings. The molecule has 1 amide bonds. The Morgan fingerprint density at radius 2 is 1.80 bits per heavy atom. The fourth-order valence-corrected chi connectivity index (χ4v) is 4.02.